The van der Waals surface area contributed by atoms with Crippen LogP contribution in [0.1, 0.15) is 55.1 Å². The number of carbonyl (C=O) groups is 1. The minimum absolute atomic E-state index is 0.0411. The van der Waals surface area contributed by atoms with E-state index in [0.717, 1.165) is 12.8 Å². The zero-order valence-corrected chi connectivity index (χ0v) is 11.2. The van der Waals surface area contributed by atoms with E-state index in [0.29, 0.717) is 5.76 Å². The number of hydrogen-bond acceptors (Lipinski definition) is 5. The summed E-state index contributed by atoms with van der Waals surface area (Å²) in [4.78, 5) is 23.2. The number of rotatable bonds is 6. The SMILES string of the molecule is CCC(=O)c1c(O)cc(C(C)CC/C=C\N)oc1=O. The molecule has 0 aliphatic rings. The third-order valence-electron chi connectivity index (χ3n) is 2.94. The van der Waals surface area contributed by atoms with Crippen LogP contribution in [0.15, 0.2) is 27.6 Å². The Balaban J connectivity index is 3.00. The second kappa shape index (κ2) is 6.78. The number of carbonyl (C=O) groups excluding carboxylic acids is 1. The van der Waals surface area contributed by atoms with Crippen molar-refractivity contribution < 1.29 is 14.3 Å². The fourth-order valence-corrected chi connectivity index (χ4v) is 1.76. The number of ketones is 1. The first-order valence-electron chi connectivity index (χ1n) is 6.28. The Kier molecular flexibility index (Phi) is 5.36. The van der Waals surface area contributed by atoms with Crippen LogP contribution in [0.2, 0.25) is 0 Å². The van der Waals surface area contributed by atoms with E-state index in [1.54, 1.807) is 6.92 Å². The van der Waals surface area contributed by atoms with Crippen LogP contribution < -0.4 is 11.4 Å². The van der Waals surface area contributed by atoms with Gasteiger partial charge in [-0.3, -0.25) is 4.79 Å². The van der Waals surface area contributed by atoms with E-state index in [9.17, 15) is 14.7 Å². The molecule has 0 amide bonds. The summed E-state index contributed by atoms with van der Waals surface area (Å²) in [5.74, 6) is -0.392. The third kappa shape index (κ3) is 3.71. The number of allylic oxidation sites excluding steroid dienone is 1. The Morgan fingerprint density at radius 2 is 2.26 bits per heavy atom. The van der Waals surface area contributed by atoms with Crippen molar-refractivity contribution in [3.63, 3.8) is 0 Å². The topological polar surface area (TPSA) is 93.5 Å². The van der Waals surface area contributed by atoms with Gasteiger partial charge in [0.15, 0.2) is 5.78 Å². The molecule has 1 atom stereocenters. The number of nitrogens with two attached hydrogens (primary N) is 1. The Morgan fingerprint density at radius 1 is 1.58 bits per heavy atom. The summed E-state index contributed by atoms with van der Waals surface area (Å²) >= 11 is 0. The highest BCUT2D eigenvalue weighted by molar-refractivity contribution is 5.97. The second-order valence-corrected chi connectivity index (χ2v) is 4.38. The van der Waals surface area contributed by atoms with Crippen LogP contribution >= 0.6 is 0 Å². The molecule has 0 radical (unpaired) electrons. The molecule has 0 saturated carbocycles. The van der Waals surface area contributed by atoms with Gasteiger partial charge in [0.1, 0.15) is 17.1 Å². The van der Waals surface area contributed by atoms with E-state index in [-0.39, 0.29) is 23.7 Å². The average Bonchev–Trinajstić information content (AvgIpc) is 2.37. The van der Waals surface area contributed by atoms with E-state index in [4.69, 9.17) is 10.2 Å². The fraction of sp³-hybridized carbons (Fsp3) is 0.429. The molecular weight excluding hydrogens is 246 g/mol. The summed E-state index contributed by atoms with van der Waals surface area (Å²) < 4.78 is 5.11. The van der Waals surface area contributed by atoms with Crippen molar-refractivity contribution in [1.29, 1.82) is 0 Å². The summed E-state index contributed by atoms with van der Waals surface area (Å²) in [6, 6.07) is 1.35. The van der Waals surface area contributed by atoms with E-state index in [1.165, 1.54) is 12.3 Å². The minimum atomic E-state index is -0.775. The molecule has 0 spiro atoms. The smallest absolute Gasteiger partial charge is 0.350 e. The van der Waals surface area contributed by atoms with Crippen molar-refractivity contribution in [3.05, 3.63) is 40.1 Å². The molecule has 0 aliphatic heterocycles. The van der Waals surface area contributed by atoms with Crippen molar-refractivity contribution in [2.45, 2.75) is 39.0 Å². The van der Waals surface area contributed by atoms with E-state index < -0.39 is 11.4 Å². The van der Waals surface area contributed by atoms with Crippen LogP contribution in [0, 0.1) is 0 Å². The maximum absolute atomic E-state index is 11.7. The molecule has 0 saturated heterocycles. The van der Waals surface area contributed by atoms with Gasteiger partial charge >= 0.3 is 5.63 Å². The summed E-state index contributed by atoms with van der Waals surface area (Å²) in [5, 5.41) is 9.78. The van der Waals surface area contributed by atoms with Crippen LogP contribution in [-0.4, -0.2) is 10.9 Å². The largest absolute Gasteiger partial charge is 0.507 e. The van der Waals surface area contributed by atoms with Crippen LogP contribution in [0.4, 0.5) is 0 Å². The first kappa shape index (κ1) is 15.0. The highest BCUT2D eigenvalue weighted by atomic mass is 16.4. The molecule has 3 N–H and O–H groups in total. The molecule has 0 fully saturated rings. The normalized spacial score (nSPS) is 12.7. The molecule has 19 heavy (non-hydrogen) atoms. The molecular formula is C14H19NO4. The van der Waals surface area contributed by atoms with Gasteiger partial charge in [0.2, 0.25) is 0 Å². The van der Waals surface area contributed by atoms with Gasteiger partial charge in [0.25, 0.3) is 0 Å². The summed E-state index contributed by atoms with van der Waals surface area (Å²) in [6.07, 6.45) is 4.90. The first-order valence-corrected chi connectivity index (χ1v) is 6.28. The molecule has 0 bridgehead atoms. The molecule has 104 valence electrons. The maximum Gasteiger partial charge on any atom is 0.350 e. The lowest BCUT2D eigenvalue weighted by molar-refractivity contribution is 0.0980. The van der Waals surface area contributed by atoms with Crippen LogP contribution in [-0.2, 0) is 0 Å². The van der Waals surface area contributed by atoms with Gasteiger partial charge in [-0.05, 0) is 19.0 Å². The number of aromatic hydroxyl groups is 1. The predicted molar refractivity (Wildman–Crippen MR) is 72.2 cm³/mol. The van der Waals surface area contributed by atoms with Crippen LogP contribution in [0.25, 0.3) is 0 Å². The summed E-state index contributed by atoms with van der Waals surface area (Å²) in [5.41, 5.74) is 4.20. The molecule has 5 heteroatoms. The summed E-state index contributed by atoms with van der Waals surface area (Å²) in [7, 11) is 0. The van der Waals surface area contributed by atoms with Crippen molar-refractivity contribution >= 4 is 5.78 Å². The zero-order chi connectivity index (χ0) is 14.4. The molecule has 1 aromatic rings. The molecule has 1 rings (SSSR count). The van der Waals surface area contributed by atoms with Gasteiger partial charge < -0.3 is 15.3 Å². The predicted octanol–water partition coefficient (Wildman–Crippen LogP) is 2.29. The summed E-state index contributed by atoms with van der Waals surface area (Å²) in [6.45, 7) is 3.50. The van der Waals surface area contributed by atoms with E-state index in [2.05, 4.69) is 0 Å². The molecule has 0 aliphatic carbocycles. The average molecular weight is 265 g/mol. The maximum atomic E-state index is 11.7. The monoisotopic (exact) mass is 265 g/mol. The van der Waals surface area contributed by atoms with Gasteiger partial charge in [0, 0.05) is 18.4 Å². The third-order valence-corrected chi connectivity index (χ3v) is 2.94. The van der Waals surface area contributed by atoms with Crippen molar-refractivity contribution in [2.75, 3.05) is 0 Å². The van der Waals surface area contributed by atoms with Crippen molar-refractivity contribution in [1.82, 2.24) is 0 Å². The van der Waals surface area contributed by atoms with Gasteiger partial charge in [-0.15, -0.1) is 0 Å². The van der Waals surface area contributed by atoms with Crippen molar-refractivity contribution in [2.24, 2.45) is 5.73 Å². The molecule has 0 aromatic carbocycles. The number of hydrogen-bond donors (Lipinski definition) is 2. The quantitative estimate of drug-likeness (QED) is 0.770. The minimum Gasteiger partial charge on any atom is -0.507 e. The lowest BCUT2D eigenvalue weighted by Gasteiger charge is -2.10. The standard InChI is InChI=1S/C14H19NO4/c1-3-10(16)13-11(17)8-12(19-14(13)18)9(2)6-4-5-7-15/h5,7-9,17H,3-4,6,15H2,1-2H3/b7-5-. The Morgan fingerprint density at radius 3 is 2.79 bits per heavy atom. The highest BCUT2D eigenvalue weighted by Gasteiger charge is 2.19. The lowest BCUT2D eigenvalue weighted by Crippen LogP contribution is -2.15. The zero-order valence-electron chi connectivity index (χ0n) is 11.2. The lowest BCUT2D eigenvalue weighted by atomic mass is 10.0. The van der Waals surface area contributed by atoms with Gasteiger partial charge in [-0.25, -0.2) is 4.79 Å². The second-order valence-electron chi connectivity index (χ2n) is 4.38. The fourth-order valence-electron chi connectivity index (χ4n) is 1.76. The van der Waals surface area contributed by atoms with Crippen molar-refractivity contribution in [3.8, 4) is 5.75 Å². The molecule has 1 heterocycles. The molecule has 5 nitrogen and oxygen atoms in total. The molecule has 1 aromatic heterocycles. The van der Waals surface area contributed by atoms with E-state index >= 15 is 0 Å². The van der Waals surface area contributed by atoms with Crippen LogP contribution in [0.5, 0.6) is 5.75 Å². The Hall–Kier alpha value is -2.04. The van der Waals surface area contributed by atoms with E-state index in [1.807, 2.05) is 13.0 Å². The highest BCUT2D eigenvalue weighted by Crippen LogP contribution is 2.25. The van der Waals surface area contributed by atoms with Gasteiger partial charge in [-0.1, -0.05) is 19.9 Å². The van der Waals surface area contributed by atoms with Crippen LogP contribution in [0.3, 0.4) is 0 Å². The Bertz CT molecular complexity index is 531. The Labute approximate surface area is 111 Å². The first-order chi connectivity index (χ1) is 9.01. The molecule has 1 unspecified atom stereocenters. The van der Waals surface area contributed by atoms with Gasteiger partial charge in [0.05, 0.1) is 0 Å². The number of Topliss-reactive ketones (excluding diaryl/α,β-unsaturated/α-hetero) is 1. The van der Waals surface area contributed by atoms with Gasteiger partial charge in [-0.2, -0.15) is 0 Å².